The average molecular weight is 325 g/mol. The van der Waals surface area contributed by atoms with E-state index in [4.69, 9.17) is 28.9 Å². The molecule has 0 aliphatic heterocycles. The highest BCUT2D eigenvalue weighted by atomic mass is 35.5. The van der Waals surface area contributed by atoms with Gasteiger partial charge in [-0.25, -0.2) is 16.8 Å². The van der Waals surface area contributed by atoms with E-state index >= 15 is 0 Å². The standard InChI is InChI=1S/C8H16Cl2NO4S2/c9-2-5-16(12,13)4-1-8(7-11)17(14,15)6-3-10/h8,11H,1-7H2. The molecule has 0 spiro atoms. The molecule has 0 fully saturated rings. The number of halogens is 2. The number of alkyl halides is 2. The van der Waals surface area contributed by atoms with E-state index in [-0.39, 0.29) is 42.0 Å². The Morgan fingerprint density at radius 1 is 0.941 bits per heavy atom. The maximum Gasteiger partial charge on any atom is 0.155 e. The molecule has 0 aromatic heterocycles. The van der Waals surface area contributed by atoms with Crippen LogP contribution in [0.3, 0.4) is 0 Å². The molecule has 1 unspecified atom stereocenters. The third-order valence-electron chi connectivity index (χ3n) is 2.24. The van der Waals surface area contributed by atoms with Gasteiger partial charge in [-0.05, 0) is 6.42 Å². The van der Waals surface area contributed by atoms with Crippen LogP contribution >= 0.6 is 23.2 Å². The van der Waals surface area contributed by atoms with Crippen molar-refractivity contribution in [1.29, 1.82) is 0 Å². The molecule has 1 radical (unpaired) electrons. The van der Waals surface area contributed by atoms with Crippen LogP contribution in [0.1, 0.15) is 6.42 Å². The molecule has 0 bridgehead atoms. The Morgan fingerprint density at radius 2 is 1.47 bits per heavy atom. The highest BCUT2D eigenvalue weighted by molar-refractivity contribution is 7.92. The van der Waals surface area contributed by atoms with E-state index in [9.17, 15) is 16.8 Å². The molecule has 103 valence electrons. The summed E-state index contributed by atoms with van der Waals surface area (Å²) in [5.74, 6) is -0.719. The molecule has 0 heterocycles. The van der Waals surface area contributed by atoms with Crippen LogP contribution in [-0.4, -0.2) is 57.6 Å². The first kappa shape index (κ1) is 17.4. The Balaban J connectivity index is 4.54. The zero-order valence-electron chi connectivity index (χ0n) is 9.23. The van der Waals surface area contributed by atoms with Crippen LogP contribution in [0.4, 0.5) is 0 Å². The minimum absolute atomic E-state index is 0.0116. The van der Waals surface area contributed by atoms with Crippen molar-refractivity contribution in [2.75, 3.05) is 35.6 Å². The quantitative estimate of drug-likeness (QED) is 0.571. The van der Waals surface area contributed by atoms with Crippen LogP contribution in [0.15, 0.2) is 0 Å². The van der Waals surface area contributed by atoms with Gasteiger partial charge in [0.15, 0.2) is 19.7 Å². The summed E-state index contributed by atoms with van der Waals surface area (Å²) in [5.41, 5.74) is 7.16. The zero-order chi connectivity index (χ0) is 13.5. The van der Waals surface area contributed by atoms with Gasteiger partial charge in [-0.2, -0.15) is 0 Å². The lowest BCUT2D eigenvalue weighted by molar-refractivity contribution is 0.572. The Labute approximate surface area is 112 Å². The smallest absolute Gasteiger partial charge is 0.155 e. The molecule has 0 amide bonds. The fourth-order valence-corrected chi connectivity index (χ4v) is 5.08. The third kappa shape index (κ3) is 6.81. The number of hydrogen-bond donors (Lipinski definition) is 0. The predicted molar refractivity (Wildman–Crippen MR) is 70.2 cm³/mol. The number of rotatable bonds is 9. The predicted octanol–water partition coefficient (Wildman–Crippen LogP) is 0.335. The molecule has 0 saturated carbocycles. The van der Waals surface area contributed by atoms with Crippen molar-refractivity contribution in [3.63, 3.8) is 0 Å². The molecule has 0 aliphatic carbocycles. The van der Waals surface area contributed by atoms with Crippen LogP contribution in [0.5, 0.6) is 0 Å². The number of hydrogen-bond acceptors (Lipinski definition) is 4. The minimum Gasteiger partial charge on any atom is -0.257 e. The molecular weight excluding hydrogens is 309 g/mol. The van der Waals surface area contributed by atoms with E-state index < -0.39 is 24.9 Å². The second kappa shape index (κ2) is 7.78. The van der Waals surface area contributed by atoms with Crippen molar-refractivity contribution >= 4 is 42.9 Å². The van der Waals surface area contributed by atoms with E-state index in [1.807, 2.05) is 0 Å². The lowest BCUT2D eigenvalue weighted by atomic mass is 10.3. The molecular formula is C8H16Cl2NO4S2. The van der Waals surface area contributed by atoms with Crippen molar-refractivity contribution in [2.24, 2.45) is 0 Å². The summed E-state index contributed by atoms with van der Waals surface area (Å²) < 4.78 is 46.0. The second-order valence-corrected chi connectivity index (χ2v) is 8.97. The lowest BCUT2D eigenvalue weighted by Crippen LogP contribution is -2.31. The molecule has 0 rings (SSSR count). The van der Waals surface area contributed by atoms with Crippen LogP contribution in [0.25, 0.3) is 0 Å². The minimum atomic E-state index is -3.48. The van der Waals surface area contributed by atoms with E-state index in [0.29, 0.717) is 0 Å². The zero-order valence-corrected chi connectivity index (χ0v) is 12.4. The highest BCUT2D eigenvalue weighted by Gasteiger charge is 2.25. The van der Waals surface area contributed by atoms with Crippen LogP contribution in [0, 0.1) is 0 Å². The molecule has 5 nitrogen and oxygen atoms in total. The SMILES string of the molecule is [NH]CC(CCS(=O)(=O)CCCl)S(=O)(=O)CCCl. The molecule has 0 saturated heterocycles. The van der Waals surface area contributed by atoms with E-state index in [1.165, 1.54) is 0 Å². The van der Waals surface area contributed by atoms with Crippen LogP contribution in [-0.2, 0) is 19.7 Å². The van der Waals surface area contributed by atoms with Gasteiger partial charge < -0.3 is 0 Å². The van der Waals surface area contributed by atoms with Crippen molar-refractivity contribution in [2.45, 2.75) is 11.7 Å². The monoisotopic (exact) mass is 324 g/mol. The number of nitrogens with one attached hydrogen (secondary N) is 1. The van der Waals surface area contributed by atoms with Crippen molar-refractivity contribution in [1.82, 2.24) is 5.73 Å². The molecule has 1 N–H and O–H groups in total. The van der Waals surface area contributed by atoms with Crippen LogP contribution in [0.2, 0.25) is 0 Å². The highest BCUT2D eigenvalue weighted by Crippen LogP contribution is 2.10. The van der Waals surface area contributed by atoms with Crippen molar-refractivity contribution in [3.05, 3.63) is 0 Å². The Hall–Kier alpha value is 0.440. The fraction of sp³-hybridized carbons (Fsp3) is 1.00. The number of sulfone groups is 2. The van der Waals surface area contributed by atoms with Gasteiger partial charge in [0.05, 0.1) is 22.5 Å². The lowest BCUT2D eigenvalue weighted by Gasteiger charge is -2.14. The van der Waals surface area contributed by atoms with Crippen molar-refractivity contribution in [3.8, 4) is 0 Å². The van der Waals surface area contributed by atoms with Gasteiger partial charge in [0.2, 0.25) is 0 Å². The Bertz CT molecular complexity index is 407. The van der Waals surface area contributed by atoms with E-state index in [1.54, 1.807) is 0 Å². The molecule has 17 heavy (non-hydrogen) atoms. The Kier molecular flexibility index (Phi) is 7.98. The third-order valence-corrected chi connectivity index (χ3v) is 6.94. The van der Waals surface area contributed by atoms with Crippen LogP contribution < -0.4 is 5.73 Å². The van der Waals surface area contributed by atoms with E-state index in [2.05, 4.69) is 0 Å². The van der Waals surface area contributed by atoms with Gasteiger partial charge >= 0.3 is 0 Å². The Morgan fingerprint density at radius 3 is 1.88 bits per heavy atom. The summed E-state index contributed by atoms with van der Waals surface area (Å²) in [5, 5.41) is -0.966. The molecule has 0 aliphatic rings. The van der Waals surface area contributed by atoms with Crippen molar-refractivity contribution < 1.29 is 16.8 Å². The van der Waals surface area contributed by atoms with Gasteiger partial charge in [-0.15, -0.1) is 23.2 Å². The summed E-state index contributed by atoms with van der Waals surface area (Å²) in [4.78, 5) is 0. The van der Waals surface area contributed by atoms with Gasteiger partial charge in [-0.3, -0.25) is 5.73 Å². The summed E-state index contributed by atoms with van der Waals surface area (Å²) in [6.45, 7) is -0.352. The van der Waals surface area contributed by atoms with E-state index in [0.717, 1.165) is 0 Å². The summed E-state index contributed by atoms with van der Waals surface area (Å²) in [7, 11) is -6.80. The second-order valence-electron chi connectivity index (χ2n) is 3.51. The summed E-state index contributed by atoms with van der Waals surface area (Å²) in [6.07, 6.45) is -0.0675. The van der Waals surface area contributed by atoms with Gasteiger partial charge in [0.25, 0.3) is 0 Å². The molecule has 1 atom stereocenters. The fourth-order valence-electron chi connectivity index (χ4n) is 1.21. The first-order chi connectivity index (χ1) is 7.79. The molecule has 9 heteroatoms. The molecule has 0 aromatic carbocycles. The average Bonchev–Trinajstić information content (AvgIpc) is 2.17. The topological polar surface area (TPSA) is 92.1 Å². The van der Waals surface area contributed by atoms with Gasteiger partial charge in [0.1, 0.15) is 0 Å². The maximum absolute atomic E-state index is 11.6. The summed E-state index contributed by atoms with van der Waals surface area (Å²) >= 11 is 10.7. The first-order valence-corrected chi connectivity index (χ1v) is 9.58. The van der Waals surface area contributed by atoms with Gasteiger partial charge in [0, 0.05) is 18.3 Å². The van der Waals surface area contributed by atoms with Gasteiger partial charge in [-0.1, -0.05) is 0 Å². The summed E-state index contributed by atoms with van der Waals surface area (Å²) in [6, 6.07) is 0. The largest absolute Gasteiger partial charge is 0.257 e. The normalized spacial score (nSPS) is 14.8. The first-order valence-electron chi connectivity index (χ1n) is 4.97. The maximum atomic E-state index is 11.6. The molecule has 0 aromatic rings.